The molecule has 1 aromatic carbocycles. The van der Waals surface area contributed by atoms with Crippen LogP contribution in [0.5, 0.6) is 0 Å². The Labute approximate surface area is 206 Å². The summed E-state index contributed by atoms with van der Waals surface area (Å²) in [5.74, 6) is 0. The zero-order valence-electron chi connectivity index (χ0n) is 18.7. The molecule has 5 heteroatoms. The van der Waals surface area contributed by atoms with Crippen molar-refractivity contribution in [3.05, 3.63) is 48.4 Å². The second kappa shape index (κ2) is 13.0. The Bertz CT molecular complexity index is 722. The number of rotatable bonds is 6. The van der Waals surface area contributed by atoms with Gasteiger partial charge in [0.05, 0.1) is 0 Å². The first-order chi connectivity index (χ1) is 11.7. The largest absolute Gasteiger partial charge is 1.00 e. The summed E-state index contributed by atoms with van der Waals surface area (Å²) >= 11 is 2.35. The summed E-state index contributed by atoms with van der Waals surface area (Å²) in [5, 5.41) is 1.74. The van der Waals surface area contributed by atoms with E-state index in [0.717, 1.165) is 5.54 Å². The van der Waals surface area contributed by atoms with Crippen molar-refractivity contribution in [3.8, 4) is 0 Å². The second-order valence-electron chi connectivity index (χ2n) is 8.03. The maximum atomic E-state index is 2.40. The van der Waals surface area contributed by atoms with Crippen molar-refractivity contribution in [2.75, 3.05) is 0 Å². The first-order valence-electron chi connectivity index (χ1n) is 9.90. The third-order valence-corrected chi connectivity index (χ3v) is 11.0. The van der Waals surface area contributed by atoms with Gasteiger partial charge in [0.2, 0.25) is 0 Å². The quantitative estimate of drug-likeness (QED) is 0.286. The van der Waals surface area contributed by atoms with E-state index in [-0.39, 0.29) is 46.7 Å². The molecule has 156 valence electrons. The van der Waals surface area contributed by atoms with Gasteiger partial charge in [0.25, 0.3) is 0 Å². The molecule has 0 bridgehead atoms. The molecule has 0 heterocycles. The molecule has 0 N–H and O–H groups in total. The van der Waals surface area contributed by atoms with Gasteiger partial charge in [0, 0.05) is 0 Å². The fraction of sp³-hybridized carbons (Fsp3) is 0.565. The van der Waals surface area contributed by atoms with E-state index in [1.807, 2.05) is 0 Å². The fourth-order valence-electron chi connectivity index (χ4n) is 4.44. The summed E-state index contributed by atoms with van der Waals surface area (Å²) in [6, 6.07) is 0. The third-order valence-electron chi connectivity index (χ3n) is 6.81. The van der Waals surface area contributed by atoms with Gasteiger partial charge in [-0.15, -0.1) is 0 Å². The molecular weight excluding hydrogens is 459 g/mol. The minimum atomic E-state index is -0.360. The Morgan fingerprint density at radius 2 is 1.21 bits per heavy atom. The van der Waals surface area contributed by atoms with Crippen molar-refractivity contribution in [2.45, 2.75) is 86.6 Å². The molecule has 0 spiro atoms. The average molecular weight is 494 g/mol. The van der Waals surface area contributed by atoms with E-state index in [1.54, 1.807) is 36.9 Å². The third kappa shape index (κ3) is 6.02. The van der Waals surface area contributed by atoms with Crippen LogP contribution in [0.3, 0.4) is 0 Å². The summed E-state index contributed by atoms with van der Waals surface area (Å²) in [6.07, 6.45) is 5.35. The van der Waals surface area contributed by atoms with Gasteiger partial charge in [-0.3, -0.25) is 0 Å². The maximum Gasteiger partial charge on any atom is -1.00 e. The molecular formula is C23H35Cl3SiTi. The van der Waals surface area contributed by atoms with Crippen molar-refractivity contribution in [1.29, 1.82) is 0 Å². The van der Waals surface area contributed by atoms with Crippen molar-refractivity contribution < 1.29 is 57.7 Å². The molecule has 1 aromatic rings. The summed E-state index contributed by atoms with van der Waals surface area (Å²) in [6.45, 7) is 18.8. The smallest absolute Gasteiger partial charge is 1.00 e. The van der Waals surface area contributed by atoms with Crippen LogP contribution in [0.2, 0.25) is 5.54 Å². The van der Waals surface area contributed by atoms with Crippen LogP contribution in [0.1, 0.15) is 74.3 Å². The van der Waals surface area contributed by atoms with Gasteiger partial charge in [-0.1, -0.05) is 0 Å². The molecule has 0 radical (unpaired) electrons. The monoisotopic (exact) mass is 492 g/mol. The van der Waals surface area contributed by atoms with Crippen molar-refractivity contribution in [1.82, 2.24) is 0 Å². The van der Waals surface area contributed by atoms with Gasteiger partial charge in [-0.05, 0) is 0 Å². The van der Waals surface area contributed by atoms with Gasteiger partial charge >= 0.3 is 170 Å². The number of hydrogen-bond acceptors (Lipinski definition) is 0. The summed E-state index contributed by atoms with van der Waals surface area (Å²) < 4.78 is 1.58. The number of unbranched alkanes of at least 4 members (excludes halogenated alkanes) is 2. The molecule has 0 aromatic heterocycles. The zero-order valence-corrected chi connectivity index (χ0v) is 24.0. The molecule has 0 fully saturated rings. The van der Waals surface area contributed by atoms with E-state index in [1.165, 1.54) is 42.4 Å². The summed E-state index contributed by atoms with van der Waals surface area (Å²) in [7, 11) is -0.360. The molecule has 1 unspecified atom stereocenters. The van der Waals surface area contributed by atoms with Crippen molar-refractivity contribution in [3.63, 3.8) is 0 Å². The van der Waals surface area contributed by atoms with Crippen molar-refractivity contribution in [2.24, 2.45) is 0 Å². The first-order valence-corrected chi connectivity index (χ1v) is 12.2. The molecule has 1 aliphatic carbocycles. The van der Waals surface area contributed by atoms with Crippen LogP contribution < -0.4 is 42.4 Å². The number of allylic oxidation sites excluding steroid dienone is 4. The molecule has 0 aliphatic heterocycles. The Morgan fingerprint density at radius 3 is 1.68 bits per heavy atom. The Hall–Kier alpha value is 0.501. The maximum absolute atomic E-state index is 2.40. The normalized spacial score (nSPS) is 16.4. The van der Waals surface area contributed by atoms with Gasteiger partial charge in [-0.2, -0.15) is 0 Å². The number of halogens is 3. The fourth-order valence-corrected chi connectivity index (χ4v) is 8.10. The van der Waals surface area contributed by atoms with Crippen LogP contribution in [0.15, 0.2) is 20.6 Å². The topological polar surface area (TPSA) is 0 Å². The molecule has 28 heavy (non-hydrogen) atoms. The number of hydrogen-bond donors (Lipinski definition) is 0. The minimum Gasteiger partial charge on any atom is -1.00 e. The van der Waals surface area contributed by atoms with Crippen LogP contribution in [-0.4, -0.2) is 9.52 Å². The Morgan fingerprint density at radius 1 is 0.750 bits per heavy atom. The summed E-state index contributed by atoms with van der Waals surface area (Å²) in [4.78, 5) is 0. The first kappa shape index (κ1) is 30.7. The summed E-state index contributed by atoms with van der Waals surface area (Å²) in [5.41, 5.74) is 13.5. The second-order valence-corrected chi connectivity index (χ2v) is 10.7. The molecule has 0 saturated carbocycles. The van der Waals surface area contributed by atoms with E-state index in [9.17, 15) is 0 Å². The molecule has 0 amide bonds. The van der Waals surface area contributed by atoms with Crippen LogP contribution in [0, 0.1) is 34.6 Å². The molecule has 1 atom stereocenters. The van der Waals surface area contributed by atoms with Gasteiger partial charge in [0.1, 0.15) is 0 Å². The van der Waals surface area contributed by atoms with Crippen molar-refractivity contribution >= 4 is 14.7 Å². The van der Waals surface area contributed by atoms with E-state index < -0.39 is 0 Å². The Kier molecular flexibility index (Phi) is 14.3. The van der Waals surface area contributed by atoms with Gasteiger partial charge in [-0.25, -0.2) is 0 Å². The molecule has 2 rings (SSSR count). The molecule has 0 nitrogen and oxygen atoms in total. The predicted octanol–water partition coefficient (Wildman–Crippen LogP) is -3.45. The standard InChI is InChI=1S/C23H35Si.3ClH.Ti/c1-9-10-11-12-21-14(2)13-15(3)22(21)24-23-19(7)17(5)16(4)18(6)20(23)8;;;;/h22H,9-12,24H2,1-8H3;3*1H;/q;;;;+3/p-3. The van der Waals surface area contributed by atoms with Gasteiger partial charge in [0.15, 0.2) is 0 Å². The molecule has 1 aliphatic rings. The van der Waals surface area contributed by atoms with E-state index in [4.69, 9.17) is 0 Å². The minimum absolute atomic E-state index is 0. The average Bonchev–Trinajstić information content (AvgIpc) is 2.79. The Balaban J connectivity index is 0. The van der Waals surface area contributed by atoms with Gasteiger partial charge < -0.3 is 37.2 Å². The van der Waals surface area contributed by atoms with E-state index in [2.05, 4.69) is 75.8 Å². The van der Waals surface area contributed by atoms with Crippen LogP contribution in [-0.2, 0) is 20.4 Å². The van der Waals surface area contributed by atoms with E-state index in [0.29, 0.717) is 0 Å². The number of benzene rings is 1. The predicted molar refractivity (Wildman–Crippen MR) is 112 cm³/mol. The van der Waals surface area contributed by atoms with Crippen LogP contribution in [0.25, 0.3) is 0 Å². The SMILES string of the molecule is CCCCCC1=C(C)[C]([Ti+3])=C(C)C1[SiH2]c1c(C)c(C)c(C)c(C)c1C.[Cl-].[Cl-].[Cl-]. The van der Waals surface area contributed by atoms with E-state index >= 15 is 0 Å². The van der Waals surface area contributed by atoms with Crippen LogP contribution >= 0.6 is 0 Å². The van der Waals surface area contributed by atoms with Crippen LogP contribution in [0.4, 0.5) is 0 Å². The molecule has 0 saturated heterocycles. The zero-order chi connectivity index (χ0) is 18.9.